The van der Waals surface area contributed by atoms with Crippen molar-refractivity contribution in [3.05, 3.63) is 52.8 Å². The summed E-state index contributed by atoms with van der Waals surface area (Å²) in [6.45, 7) is 4.54. The molecule has 0 radical (unpaired) electrons. The zero-order chi connectivity index (χ0) is 12.8. The molecule has 0 saturated carbocycles. The van der Waals surface area contributed by atoms with E-state index in [1.807, 2.05) is 0 Å². The molecule has 1 aliphatic rings. The summed E-state index contributed by atoms with van der Waals surface area (Å²) in [5, 5.41) is 3.31. The fraction of sp³-hybridized carbons (Fsp3) is 0.412. The third kappa shape index (κ3) is 8.38. The molecule has 0 amide bonds. The molecular weight excluding hydrogens is 386 g/mol. The molecule has 0 N–H and O–H groups in total. The first-order valence-corrected chi connectivity index (χ1v) is 8.61. The standard InChI is InChI=1S/C17H23Si.3ClH.Ti/c1-3-8-14-12-15(9-4-2)17(13-14)18-16-10-6-5-7-11-16;;;;/h5-7,10-11H,3-4,8-9,13,18H2,1-2H3;3*1H;/q-1;;;;+4/p-3. The molecule has 2 rings (SSSR count). The van der Waals surface area contributed by atoms with Gasteiger partial charge in [0.05, 0.1) is 0 Å². The van der Waals surface area contributed by atoms with Gasteiger partial charge in [-0.25, -0.2) is 16.8 Å². The van der Waals surface area contributed by atoms with Gasteiger partial charge in [0.15, 0.2) is 0 Å². The summed E-state index contributed by atoms with van der Waals surface area (Å²) >= 11 is 0. The average Bonchev–Trinajstić information content (AvgIpc) is 2.74. The predicted molar refractivity (Wildman–Crippen MR) is 82.8 cm³/mol. The van der Waals surface area contributed by atoms with Gasteiger partial charge in [-0.3, -0.25) is 0 Å². The van der Waals surface area contributed by atoms with E-state index in [0.29, 0.717) is 0 Å². The summed E-state index contributed by atoms with van der Waals surface area (Å²) in [4.78, 5) is 0. The van der Waals surface area contributed by atoms with E-state index in [-0.39, 0.29) is 68.5 Å². The zero-order valence-corrected chi connectivity index (χ0v) is 18.5. The molecule has 0 saturated heterocycles. The van der Waals surface area contributed by atoms with Crippen molar-refractivity contribution in [3.63, 3.8) is 0 Å². The van der Waals surface area contributed by atoms with E-state index in [2.05, 4.69) is 50.3 Å². The van der Waals surface area contributed by atoms with Crippen LogP contribution in [0.1, 0.15) is 46.0 Å². The SMILES string of the molecule is CCCC1=[C-]C(CCC)=C([SiH2]c2ccccc2)C1.[Cl-].[Cl-].[Cl-].[Ti+4]. The third-order valence-electron chi connectivity index (χ3n) is 3.49. The largest absolute Gasteiger partial charge is 4.00 e. The molecule has 0 unspecified atom stereocenters. The third-order valence-corrected chi connectivity index (χ3v) is 5.48. The molecule has 5 heteroatoms. The molecule has 0 heterocycles. The summed E-state index contributed by atoms with van der Waals surface area (Å²) in [6, 6.07) is 11.0. The van der Waals surface area contributed by atoms with E-state index < -0.39 is 0 Å². The molecule has 0 spiro atoms. The van der Waals surface area contributed by atoms with Crippen molar-refractivity contribution in [2.45, 2.75) is 46.0 Å². The normalized spacial score (nSPS) is 12.9. The quantitative estimate of drug-likeness (QED) is 0.325. The molecule has 120 valence electrons. The molecular formula is C17H23Cl3SiTi. The van der Waals surface area contributed by atoms with Gasteiger partial charge >= 0.3 is 21.7 Å². The van der Waals surface area contributed by atoms with Crippen LogP contribution in [0.4, 0.5) is 0 Å². The van der Waals surface area contributed by atoms with Crippen LogP contribution in [0.15, 0.2) is 46.7 Å². The first-order chi connectivity index (χ1) is 8.83. The van der Waals surface area contributed by atoms with Crippen LogP contribution in [0.5, 0.6) is 0 Å². The molecule has 0 bridgehead atoms. The molecule has 1 aromatic carbocycles. The Kier molecular flexibility index (Phi) is 18.7. The first kappa shape index (κ1) is 27.4. The predicted octanol–water partition coefficient (Wildman–Crippen LogP) is -5.52. The number of hydrogen-bond acceptors (Lipinski definition) is 0. The van der Waals surface area contributed by atoms with Gasteiger partial charge in [0, 0.05) is 0 Å². The van der Waals surface area contributed by atoms with Crippen LogP contribution in [0.2, 0.25) is 0 Å². The van der Waals surface area contributed by atoms with Crippen molar-refractivity contribution in [2.75, 3.05) is 0 Å². The second-order valence-corrected chi connectivity index (χ2v) is 7.17. The molecule has 0 aliphatic heterocycles. The van der Waals surface area contributed by atoms with E-state index in [9.17, 15) is 0 Å². The van der Waals surface area contributed by atoms with Gasteiger partial charge in [-0.05, 0) is 9.52 Å². The van der Waals surface area contributed by atoms with Crippen LogP contribution >= 0.6 is 0 Å². The van der Waals surface area contributed by atoms with Gasteiger partial charge < -0.3 is 37.2 Å². The van der Waals surface area contributed by atoms with Gasteiger partial charge in [0.2, 0.25) is 0 Å². The van der Waals surface area contributed by atoms with Gasteiger partial charge in [0.25, 0.3) is 0 Å². The Balaban J connectivity index is -0.000000902. The number of benzene rings is 1. The van der Waals surface area contributed by atoms with Gasteiger partial charge in [-0.2, -0.15) is 5.57 Å². The Morgan fingerprint density at radius 2 is 1.55 bits per heavy atom. The Bertz CT molecular complexity index is 458. The molecule has 0 fully saturated rings. The summed E-state index contributed by atoms with van der Waals surface area (Å²) in [5.41, 5.74) is 3.11. The van der Waals surface area contributed by atoms with Crippen molar-refractivity contribution in [1.29, 1.82) is 0 Å². The number of allylic oxidation sites excluding steroid dienone is 4. The van der Waals surface area contributed by atoms with Crippen molar-refractivity contribution in [2.24, 2.45) is 0 Å². The van der Waals surface area contributed by atoms with Crippen molar-refractivity contribution < 1.29 is 58.9 Å². The maximum absolute atomic E-state index is 3.69. The maximum atomic E-state index is 3.69. The summed E-state index contributed by atoms with van der Waals surface area (Å²) in [6.07, 6.45) is 9.88. The van der Waals surface area contributed by atoms with Crippen LogP contribution in [-0.2, 0) is 21.7 Å². The molecule has 0 aromatic heterocycles. The number of rotatable bonds is 6. The van der Waals surface area contributed by atoms with Crippen LogP contribution in [-0.4, -0.2) is 9.52 Å². The van der Waals surface area contributed by atoms with Gasteiger partial charge in [-0.1, -0.05) is 81.5 Å². The Hall–Kier alpha value is 0.501. The monoisotopic (exact) mass is 408 g/mol. The summed E-state index contributed by atoms with van der Waals surface area (Å²) in [5.74, 6) is 0. The van der Waals surface area contributed by atoms with Crippen molar-refractivity contribution >= 4 is 14.7 Å². The van der Waals surface area contributed by atoms with Crippen molar-refractivity contribution in [1.82, 2.24) is 0 Å². The number of halogens is 3. The number of hydrogen-bond donors (Lipinski definition) is 0. The summed E-state index contributed by atoms with van der Waals surface area (Å²) < 4.78 is 0. The Morgan fingerprint density at radius 1 is 0.955 bits per heavy atom. The molecule has 0 nitrogen and oxygen atoms in total. The molecule has 0 atom stereocenters. The van der Waals surface area contributed by atoms with Crippen LogP contribution in [0.25, 0.3) is 0 Å². The fourth-order valence-corrected chi connectivity index (χ4v) is 4.57. The van der Waals surface area contributed by atoms with Crippen molar-refractivity contribution in [3.8, 4) is 0 Å². The second-order valence-electron chi connectivity index (χ2n) is 5.15. The van der Waals surface area contributed by atoms with E-state index in [1.165, 1.54) is 32.1 Å². The Morgan fingerprint density at radius 3 is 2.09 bits per heavy atom. The second kappa shape index (κ2) is 15.1. The summed E-state index contributed by atoms with van der Waals surface area (Å²) in [7, 11) is -0.255. The zero-order valence-electron chi connectivity index (χ0n) is 13.3. The molecule has 1 aromatic rings. The average molecular weight is 410 g/mol. The van der Waals surface area contributed by atoms with Gasteiger partial charge in [0.1, 0.15) is 0 Å². The van der Waals surface area contributed by atoms with Crippen LogP contribution in [0, 0.1) is 6.08 Å². The fourth-order valence-electron chi connectivity index (χ4n) is 2.66. The Labute approximate surface area is 171 Å². The smallest absolute Gasteiger partial charge is 1.00 e. The topological polar surface area (TPSA) is 0 Å². The maximum Gasteiger partial charge on any atom is 4.00 e. The van der Waals surface area contributed by atoms with E-state index in [1.54, 1.807) is 21.5 Å². The van der Waals surface area contributed by atoms with Gasteiger partial charge in [-0.15, -0.1) is 0 Å². The van der Waals surface area contributed by atoms with E-state index in [4.69, 9.17) is 0 Å². The molecule has 22 heavy (non-hydrogen) atoms. The molecule has 1 aliphatic carbocycles. The van der Waals surface area contributed by atoms with E-state index in [0.717, 1.165) is 0 Å². The van der Waals surface area contributed by atoms with Crippen LogP contribution < -0.4 is 42.4 Å². The van der Waals surface area contributed by atoms with Crippen LogP contribution in [0.3, 0.4) is 0 Å². The minimum Gasteiger partial charge on any atom is -1.00 e. The minimum atomic E-state index is -0.255. The first-order valence-electron chi connectivity index (χ1n) is 7.20. The minimum absolute atomic E-state index is 0. The van der Waals surface area contributed by atoms with E-state index >= 15 is 0 Å².